The molecule has 0 aromatic heterocycles. The predicted octanol–water partition coefficient (Wildman–Crippen LogP) is 3.81. The lowest BCUT2D eigenvalue weighted by Gasteiger charge is -2.34. The molecule has 1 saturated heterocycles. The number of rotatable bonds is 9. The molecule has 2 N–H and O–H groups in total. The third-order valence-corrected chi connectivity index (χ3v) is 7.95. The molecule has 0 radical (unpaired) electrons. The van der Waals surface area contributed by atoms with Gasteiger partial charge in [0.2, 0.25) is 10.0 Å². The second-order valence-electron chi connectivity index (χ2n) is 7.87. The van der Waals surface area contributed by atoms with Gasteiger partial charge in [0, 0.05) is 37.5 Å². The number of sulfonamides is 1. The number of benzene rings is 2. The molecule has 12 heteroatoms. The van der Waals surface area contributed by atoms with Gasteiger partial charge >= 0.3 is 0 Å². The first-order chi connectivity index (χ1) is 15.7. The van der Waals surface area contributed by atoms with Gasteiger partial charge in [-0.25, -0.2) is 21.6 Å². The van der Waals surface area contributed by atoms with Crippen LogP contribution in [0.15, 0.2) is 40.2 Å². The summed E-state index contributed by atoms with van der Waals surface area (Å²) < 4.78 is 69.2. The van der Waals surface area contributed by atoms with Crippen molar-refractivity contribution in [2.45, 2.75) is 30.2 Å². The van der Waals surface area contributed by atoms with E-state index < -0.39 is 38.9 Å². The summed E-state index contributed by atoms with van der Waals surface area (Å²) in [5.41, 5.74) is 2.92. The van der Waals surface area contributed by atoms with Crippen molar-refractivity contribution in [1.82, 2.24) is 9.62 Å². The molecule has 0 aliphatic carbocycles. The Morgan fingerprint density at radius 1 is 1.18 bits per heavy atom. The minimum absolute atomic E-state index is 0.0174. The molecule has 178 valence electrons. The van der Waals surface area contributed by atoms with Gasteiger partial charge in [0.1, 0.15) is 28.9 Å². The third-order valence-electron chi connectivity index (χ3n) is 5.38. The first-order valence-electron chi connectivity index (χ1n) is 10.2. The lowest BCUT2D eigenvalue weighted by atomic mass is 10.1. The van der Waals surface area contributed by atoms with Crippen molar-refractivity contribution < 1.29 is 21.6 Å². The van der Waals surface area contributed by atoms with Crippen LogP contribution in [0.2, 0.25) is 5.02 Å². The molecule has 2 aromatic carbocycles. The fourth-order valence-corrected chi connectivity index (χ4v) is 5.85. The summed E-state index contributed by atoms with van der Waals surface area (Å²) in [5.74, 6) is -0.999. The number of thioether (sulfide) groups is 1. The summed E-state index contributed by atoms with van der Waals surface area (Å²) in [6, 6.07) is 6.72. The van der Waals surface area contributed by atoms with Crippen LogP contribution in [0.25, 0.3) is 0 Å². The number of aliphatic imine (C=N–C) groups is 1. The van der Waals surface area contributed by atoms with Crippen LogP contribution in [0.4, 0.5) is 18.9 Å². The molecule has 4 rings (SSSR count). The van der Waals surface area contributed by atoms with Crippen molar-refractivity contribution in [3.8, 4) is 0 Å². The summed E-state index contributed by atoms with van der Waals surface area (Å²) in [7, 11) is -4.16. The summed E-state index contributed by atoms with van der Waals surface area (Å²) >= 11 is 7.54. The monoisotopic (exact) mass is 518 g/mol. The highest BCUT2D eigenvalue weighted by Crippen LogP contribution is 2.29. The summed E-state index contributed by atoms with van der Waals surface area (Å²) in [6.45, 7) is 1.56. The van der Waals surface area contributed by atoms with Gasteiger partial charge in [0.05, 0.1) is 16.3 Å². The smallest absolute Gasteiger partial charge is 0.245 e. The van der Waals surface area contributed by atoms with Crippen LogP contribution < -0.4 is 10.0 Å². The van der Waals surface area contributed by atoms with Crippen LogP contribution in [0.1, 0.15) is 11.1 Å². The quantitative estimate of drug-likeness (QED) is 0.528. The van der Waals surface area contributed by atoms with Crippen molar-refractivity contribution in [3.63, 3.8) is 0 Å². The Bertz CT molecular complexity index is 1160. The van der Waals surface area contributed by atoms with Crippen LogP contribution >= 0.6 is 23.4 Å². The average Bonchev–Trinajstić information content (AvgIpc) is 3.24. The Labute approximate surface area is 199 Å². The van der Waals surface area contributed by atoms with E-state index in [-0.39, 0.29) is 17.3 Å². The molecule has 0 saturated carbocycles. The SMILES string of the molecule is O=S(=O)(NC1CSC=N1)c1cc(Cl)c(NCc2cc(CCN3CC(F)C3)ccc2F)cc1F. The van der Waals surface area contributed by atoms with E-state index in [4.69, 9.17) is 11.6 Å². The summed E-state index contributed by atoms with van der Waals surface area (Å²) in [5, 5.41) is 2.85. The van der Waals surface area contributed by atoms with E-state index in [1.807, 2.05) is 4.90 Å². The first-order valence-corrected chi connectivity index (χ1v) is 13.1. The number of halogens is 4. The largest absolute Gasteiger partial charge is 0.380 e. The van der Waals surface area contributed by atoms with Gasteiger partial charge < -0.3 is 5.32 Å². The maximum atomic E-state index is 14.6. The van der Waals surface area contributed by atoms with Gasteiger partial charge in [-0.2, -0.15) is 4.72 Å². The van der Waals surface area contributed by atoms with Gasteiger partial charge in [0.15, 0.2) is 0 Å². The molecule has 0 spiro atoms. The van der Waals surface area contributed by atoms with Crippen LogP contribution in [0.3, 0.4) is 0 Å². The normalized spacial score (nSPS) is 19.1. The maximum Gasteiger partial charge on any atom is 0.245 e. The molecule has 2 aliphatic rings. The molecule has 1 unspecified atom stereocenters. The van der Waals surface area contributed by atoms with Crippen molar-refractivity contribution in [2.24, 2.45) is 4.99 Å². The fourth-order valence-electron chi connectivity index (χ4n) is 3.56. The van der Waals surface area contributed by atoms with Gasteiger partial charge in [-0.1, -0.05) is 23.7 Å². The van der Waals surface area contributed by atoms with Gasteiger partial charge in [-0.05, 0) is 30.2 Å². The number of hydrogen-bond acceptors (Lipinski definition) is 6. The van der Waals surface area contributed by atoms with Crippen molar-refractivity contribution in [3.05, 3.63) is 58.1 Å². The first kappa shape index (κ1) is 24.3. The van der Waals surface area contributed by atoms with Crippen LogP contribution in [0.5, 0.6) is 0 Å². The standard InChI is InChI=1S/C21H22ClF3N4O2S2/c22-16-6-20(33(30,31)28-21-11-32-12-27-21)18(25)7-19(16)26-8-14-5-13(1-2-17(14)24)3-4-29-9-15(23)10-29/h1-2,5-7,12,15,21,26,28H,3-4,8-11H2. The minimum Gasteiger partial charge on any atom is -0.380 e. The molecule has 6 nitrogen and oxygen atoms in total. The Morgan fingerprint density at radius 2 is 1.97 bits per heavy atom. The Kier molecular flexibility index (Phi) is 7.54. The minimum atomic E-state index is -4.16. The number of likely N-dealkylation sites (tertiary alicyclic amines) is 1. The van der Waals surface area contributed by atoms with E-state index in [2.05, 4.69) is 15.0 Å². The molecule has 0 bridgehead atoms. The molecule has 2 aromatic rings. The molecule has 33 heavy (non-hydrogen) atoms. The van der Waals surface area contributed by atoms with Gasteiger partial charge in [-0.3, -0.25) is 9.89 Å². The second-order valence-corrected chi connectivity index (χ2v) is 10.8. The molecule has 2 aliphatic heterocycles. The molecular formula is C21H22ClF3N4O2S2. The van der Waals surface area contributed by atoms with Crippen LogP contribution in [-0.4, -0.2) is 56.6 Å². The van der Waals surface area contributed by atoms with Gasteiger partial charge in [0.25, 0.3) is 0 Å². The number of anilines is 1. The van der Waals surface area contributed by atoms with Crippen LogP contribution in [0, 0.1) is 11.6 Å². The number of hydrogen-bond donors (Lipinski definition) is 2. The van der Waals surface area contributed by atoms with Crippen molar-refractivity contribution >= 4 is 44.6 Å². The van der Waals surface area contributed by atoms with E-state index in [1.54, 1.807) is 12.1 Å². The van der Waals surface area contributed by atoms with E-state index in [9.17, 15) is 21.6 Å². The predicted molar refractivity (Wildman–Crippen MR) is 125 cm³/mol. The summed E-state index contributed by atoms with van der Waals surface area (Å²) in [4.78, 5) is 5.35. The molecule has 2 heterocycles. The topological polar surface area (TPSA) is 73.8 Å². The fraction of sp³-hybridized carbons (Fsp3) is 0.381. The Hall–Kier alpha value is -1.79. The van der Waals surface area contributed by atoms with Crippen LogP contribution in [-0.2, 0) is 23.0 Å². The third kappa shape index (κ3) is 6.02. The highest BCUT2D eigenvalue weighted by molar-refractivity contribution is 8.12. The van der Waals surface area contributed by atoms with Crippen molar-refractivity contribution in [2.75, 3.05) is 30.7 Å². The zero-order valence-electron chi connectivity index (χ0n) is 17.4. The van der Waals surface area contributed by atoms with E-state index in [0.717, 1.165) is 17.7 Å². The average molecular weight is 519 g/mol. The molecular weight excluding hydrogens is 497 g/mol. The van der Waals surface area contributed by atoms with E-state index >= 15 is 0 Å². The molecule has 1 fully saturated rings. The molecule has 1 atom stereocenters. The number of alkyl halides is 1. The zero-order valence-corrected chi connectivity index (χ0v) is 19.8. The Balaban J connectivity index is 1.42. The highest BCUT2D eigenvalue weighted by atomic mass is 35.5. The van der Waals surface area contributed by atoms with E-state index in [0.29, 0.717) is 37.4 Å². The molecule has 0 amide bonds. The lowest BCUT2D eigenvalue weighted by Crippen LogP contribution is -2.48. The van der Waals surface area contributed by atoms with Gasteiger partial charge in [-0.15, -0.1) is 11.8 Å². The number of nitrogens with one attached hydrogen (secondary N) is 2. The second kappa shape index (κ2) is 10.2. The highest BCUT2D eigenvalue weighted by Gasteiger charge is 2.26. The van der Waals surface area contributed by atoms with E-state index in [1.165, 1.54) is 23.4 Å². The maximum absolute atomic E-state index is 14.6. The number of nitrogens with zero attached hydrogens (tertiary/aromatic N) is 2. The van der Waals surface area contributed by atoms with Crippen molar-refractivity contribution in [1.29, 1.82) is 0 Å². The lowest BCUT2D eigenvalue weighted by molar-refractivity contribution is 0.0670. The zero-order chi connectivity index (χ0) is 23.6. The Morgan fingerprint density at radius 3 is 2.67 bits per heavy atom. The summed E-state index contributed by atoms with van der Waals surface area (Å²) in [6.07, 6.45) is -0.778.